The van der Waals surface area contributed by atoms with Gasteiger partial charge in [0.05, 0.1) is 16.8 Å². The number of aliphatic carboxylic acids is 1. The van der Waals surface area contributed by atoms with Crippen LogP contribution in [0.3, 0.4) is 0 Å². The van der Waals surface area contributed by atoms with E-state index >= 15 is 0 Å². The minimum atomic E-state index is -0.708. The molecule has 1 aromatic rings. The van der Waals surface area contributed by atoms with Crippen LogP contribution in [-0.2, 0) is 4.79 Å². The van der Waals surface area contributed by atoms with Crippen molar-refractivity contribution in [3.63, 3.8) is 0 Å². The van der Waals surface area contributed by atoms with E-state index in [1.165, 1.54) is 0 Å². The second kappa shape index (κ2) is 5.73. The van der Waals surface area contributed by atoms with Crippen molar-refractivity contribution >= 4 is 11.9 Å². The van der Waals surface area contributed by atoms with E-state index in [0.717, 1.165) is 37.2 Å². The quantitative estimate of drug-likeness (QED) is 0.907. The summed E-state index contributed by atoms with van der Waals surface area (Å²) in [6, 6.07) is 0. The third kappa shape index (κ3) is 2.73. The van der Waals surface area contributed by atoms with Gasteiger partial charge >= 0.3 is 5.97 Å². The number of carbonyl (C=O) groups is 1. The average molecular weight is 278 g/mol. The van der Waals surface area contributed by atoms with E-state index in [2.05, 4.69) is 15.2 Å². The molecule has 0 aromatic carbocycles. The van der Waals surface area contributed by atoms with Gasteiger partial charge in [0.2, 0.25) is 5.95 Å². The maximum absolute atomic E-state index is 11.7. The van der Waals surface area contributed by atoms with E-state index in [9.17, 15) is 9.90 Å². The average Bonchev–Trinajstić information content (AvgIpc) is 2.42. The van der Waals surface area contributed by atoms with Crippen LogP contribution in [0, 0.1) is 19.3 Å². The molecule has 1 unspecified atom stereocenters. The normalized spacial score (nSPS) is 22.9. The van der Waals surface area contributed by atoms with Gasteiger partial charge in [-0.25, -0.2) is 4.98 Å². The van der Waals surface area contributed by atoms with Gasteiger partial charge < -0.3 is 10.0 Å². The zero-order valence-electron chi connectivity index (χ0n) is 12.4. The Hall–Kier alpha value is -1.72. The van der Waals surface area contributed by atoms with Crippen LogP contribution in [-0.4, -0.2) is 39.3 Å². The molecular formula is C14H22N4O2. The molecule has 0 saturated carbocycles. The fraction of sp³-hybridized carbons (Fsp3) is 0.714. The van der Waals surface area contributed by atoms with Crippen molar-refractivity contribution < 1.29 is 9.90 Å². The van der Waals surface area contributed by atoms with E-state index in [1.807, 2.05) is 25.7 Å². The Morgan fingerprint density at radius 3 is 2.70 bits per heavy atom. The van der Waals surface area contributed by atoms with Crippen LogP contribution in [0.5, 0.6) is 0 Å². The van der Waals surface area contributed by atoms with Gasteiger partial charge in [0, 0.05) is 13.1 Å². The Balaban J connectivity index is 2.24. The second-order valence-electron chi connectivity index (χ2n) is 5.64. The number of carboxylic acids is 1. The lowest BCUT2D eigenvalue weighted by Gasteiger charge is -2.39. The highest BCUT2D eigenvalue weighted by atomic mass is 16.4. The van der Waals surface area contributed by atoms with Crippen molar-refractivity contribution in [2.75, 3.05) is 18.0 Å². The maximum Gasteiger partial charge on any atom is 0.311 e. The molecule has 110 valence electrons. The maximum atomic E-state index is 11.7. The molecule has 2 heterocycles. The second-order valence-corrected chi connectivity index (χ2v) is 5.64. The van der Waals surface area contributed by atoms with Crippen LogP contribution < -0.4 is 4.90 Å². The van der Waals surface area contributed by atoms with Gasteiger partial charge in [-0.15, -0.1) is 5.10 Å². The van der Waals surface area contributed by atoms with Crippen LogP contribution in [0.1, 0.15) is 44.0 Å². The van der Waals surface area contributed by atoms with Gasteiger partial charge in [0.1, 0.15) is 0 Å². The number of nitrogens with zero attached hydrogens (tertiary/aromatic N) is 4. The molecule has 2 rings (SSSR count). The summed E-state index contributed by atoms with van der Waals surface area (Å²) >= 11 is 0. The van der Waals surface area contributed by atoms with Crippen molar-refractivity contribution in [3.8, 4) is 0 Å². The number of aryl methyl sites for hydroxylation is 2. The molecule has 1 atom stereocenters. The molecule has 0 bridgehead atoms. The lowest BCUT2D eigenvalue weighted by atomic mass is 9.76. The van der Waals surface area contributed by atoms with Crippen molar-refractivity contribution in [3.05, 3.63) is 11.4 Å². The Bertz CT molecular complexity index is 502. The molecule has 1 aromatic heterocycles. The molecule has 6 nitrogen and oxygen atoms in total. The summed E-state index contributed by atoms with van der Waals surface area (Å²) in [6.07, 6.45) is 3.14. The van der Waals surface area contributed by atoms with E-state index in [4.69, 9.17) is 0 Å². The third-order valence-corrected chi connectivity index (χ3v) is 4.12. The van der Waals surface area contributed by atoms with Crippen LogP contribution >= 0.6 is 0 Å². The molecule has 1 saturated heterocycles. The Morgan fingerprint density at radius 2 is 2.10 bits per heavy atom. The minimum absolute atomic E-state index is 0.473. The van der Waals surface area contributed by atoms with Crippen molar-refractivity contribution in [1.82, 2.24) is 15.2 Å². The molecule has 1 N–H and O–H groups in total. The molecule has 0 radical (unpaired) electrons. The number of rotatable bonds is 4. The monoisotopic (exact) mass is 278 g/mol. The van der Waals surface area contributed by atoms with Gasteiger partial charge in [0.25, 0.3) is 0 Å². The molecule has 1 aliphatic heterocycles. The van der Waals surface area contributed by atoms with Crippen LogP contribution in [0.25, 0.3) is 0 Å². The largest absolute Gasteiger partial charge is 0.481 e. The van der Waals surface area contributed by atoms with Crippen LogP contribution in [0.2, 0.25) is 0 Å². The van der Waals surface area contributed by atoms with Gasteiger partial charge in [-0.2, -0.15) is 5.10 Å². The first-order valence-electron chi connectivity index (χ1n) is 7.15. The van der Waals surface area contributed by atoms with Gasteiger partial charge in [-0.05, 0) is 33.1 Å². The lowest BCUT2D eigenvalue weighted by molar-refractivity contribution is -0.150. The molecule has 0 aliphatic carbocycles. The number of hydrogen-bond donors (Lipinski definition) is 1. The van der Waals surface area contributed by atoms with E-state index < -0.39 is 11.4 Å². The molecule has 0 spiro atoms. The minimum Gasteiger partial charge on any atom is -0.481 e. The summed E-state index contributed by atoms with van der Waals surface area (Å²) < 4.78 is 0. The number of anilines is 1. The van der Waals surface area contributed by atoms with Gasteiger partial charge in [-0.3, -0.25) is 4.79 Å². The van der Waals surface area contributed by atoms with E-state index in [1.54, 1.807) is 0 Å². The highest BCUT2D eigenvalue weighted by Crippen LogP contribution is 2.36. The Morgan fingerprint density at radius 1 is 1.35 bits per heavy atom. The molecule has 20 heavy (non-hydrogen) atoms. The first-order valence-corrected chi connectivity index (χ1v) is 7.15. The smallest absolute Gasteiger partial charge is 0.311 e. The van der Waals surface area contributed by atoms with Crippen LogP contribution in [0.4, 0.5) is 5.95 Å². The topological polar surface area (TPSA) is 79.2 Å². The zero-order valence-corrected chi connectivity index (χ0v) is 12.4. The predicted octanol–water partition coefficient (Wildman–Crippen LogP) is 1.96. The third-order valence-electron chi connectivity index (χ3n) is 4.12. The predicted molar refractivity (Wildman–Crippen MR) is 75.7 cm³/mol. The fourth-order valence-corrected chi connectivity index (χ4v) is 2.85. The van der Waals surface area contributed by atoms with E-state index in [-0.39, 0.29) is 0 Å². The summed E-state index contributed by atoms with van der Waals surface area (Å²) in [5, 5.41) is 17.8. The Labute approximate surface area is 119 Å². The number of aromatic nitrogens is 3. The van der Waals surface area contributed by atoms with Gasteiger partial charge in [0.15, 0.2) is 0 Å². The first kappa shape index (κ1) is 14.7. The number of carboxylic acid groups (broad SMARTS) is 1. The molecule has 6 heteroatoms. The lowest BCUT2D eigenvalue weighted by Crippen LogP contribution is -2.48. The number of piperidine rings is 1. The van der Waals surface area contributed by atoms with Gasteiger partial charge in [-0.1, -0.05) is 13.3 Å². The van der Waals surface area contributed by atoms with Crippen molar-refractivity contribution in [2.24, 2.45) is 5.41 Å². The van der Waals surface area contributed by atoms with Crippen molar-refractivity contribution in [2.45, 2.75) is 46.5 Å². The van der Waals surface area contributed by atoms with E-state index in [0.29, 0.717) is 18.9 Å². The molecule has 1 aliphatic rings. The Kier molecular flexibility index (Phi) is 4.20. The summed E-state index contributed by atoms with van der Waals surface area (Å²) in [6.45, 7) is 7.06. The highest BCUT2D eigenvalue weighted by molar-refractivity contribution is 5.75. The summed E-state index contributed by atoms with van der Waals surface area (Å²) in [4.78, 5) is 18.1. The standard InChI is InChI=1S/C14H22N4O2/c1-4-6-14(12(19)20)7-5-8-18(9-14)13-15-10(2)11(3)16-17-13/h4-9H2,1-3H3,(H,19,20). The molecule has 0 amide bonds. The summed E-state index contributed by atoms with van der Waals surface area (Å²) in [5.74, 6) is -0.157. The highest BCUT2D eigenvalue weighted by Gasteiger charge is 2.42. The molecular weight excluding hydrogens is 256 g/mol. The molecule has 1 fully saturated rings. The summed E-state index contributed by atoms with van der Waals surface area (Å²) in [5.41, 5.74) is 0.982. The van der Waals surface area contributed by atoms with Crippen molar-refractivity contribution in [1.29, 1.82) is 0 Å². The SMILES string of the molecule is CCCC1(C(=O)O)CCCN(c2nnc(C)c(C)n2)C1. The van der Waals surface area contributed by atoms with Crippen LogP contribution in [0.15, 0.2) is 0 Å². The zero-order chi connectivity index (χ0) is 14.8. The first-order chi connectivity index (χ1) is 9.48. The summed E-state index contributed by atoms with van der Waals surface area (Å²) in [7, 11) is 0. The number of hydrogen-bond acceptors (Lipinski definition) is 5. The fourth-order valence-electron chi connectivity index (χ4n) is 2.85.